The van der Waals surface area contributed by atoms with Crippen molar-refractivity contribution in [1.29, 1.82) is 0 Å². The zero-order chi connectivity index (χ0) is 15.4. The topological polar surface area (TPSA) is 0 Å². The minimum Gasteiger partial charge on any atom is -0.203 e. The second-order valence-electron chi connectivity index (χ2n) is 4.12. The summed E-state index contributed by atoms with van der Waals surface area (Å²) in [5.74, 6) is -12.5. The lowest BCUT2D eigenvalue weighted by molar-refractivity contribution is 0.325. The fourth-order valence-corrected chi connectivity index (χ4v) is 2.33. The molecule has 1 aromatic rings. The average Bonchev–Trinajstić information content (AvgIpc) is 2.10. The standard InChI is InChI=1S/C9H7F9S/c1-3(2)4-5(10)7(12)9(8(13)6(4)11)19(14,15,16,17)18/h3H,1-2H3. The molecule has 0 spiro atoms. The largest absolute Gasteiger partial charge is 0.316 e. The molecular formula is C9H7F9S. The van der Waals surface area contributed by atoms with E-state index in [2.05, 4.69) is 0 Å². The molecule has 10 heteroatoms. The first-order valence-electron chi connectivity index (χ1n) is 4.67. The van der Waals surface area contributed by atoms with Gasteiger partial charge in [0, 0.05) is 5.56 Å². The predicted octanol–water partition coefficient (Wildman–Crippen LogP) is 6.02. The molecule has 0 radical (unpaired) electrons. The SMILES string of the molecule is CC(C)c1c(F)c(F)c(S(F)(F)(F)(F)F)c(F)c1F. The van der Waals surface area contributed by atoms with E-state index in [1.165, 1.54) is 0 Å². The highest BCUT2D eigenvalue weighted by atomic mass is 32.5. The van der Waals surface area contributed by atoms with Crippen LogP contribution in [0.15, 0.2) is 4.90 Å². The molecule has 0 bridgehead atoms. The molecule has 1 rings (SSSR count). The smallest absolute Gasteiger partial charge is 0.203 e. The van der Waals surface area contributed by atoms with E-state index in [-0.39, 0.29) is 0 Å². The number of hydrogen-bond acceptors (Lipinski definition) is 0. The molecule has 0 aromatic heterocycles. The summed E-state index contributed by atoms with van der Waals surface area (Å²) in [6.45, 7) is 2.06. The van der Waals surface area contributed by atoms with Gasteiger partial charge < -0.3 is 0 Å². The van der Waals surface area contributed by atoms with Crippen LogP contribution in [0.5, 0.6) is 0 Å². The van der Waals surface area contributed by atoms with E-state index in [1.54, 1.807) is 0 Å². The number of hydrogen-bond donors (Lipinski definition) is 0. The Hall–Kier alpha value is -1.06. The summed E-state index contributed by atoms with van der Waals surface area (Å²) in [5.41, 5.74) is -1.36. The second-order valence-corrected chi connectivity index (χ2v) is 6.47. The van der Waals surface area contributed by atoms with Crippen LogP contribution >= 0.6 is 10.2 Å². The van der Waals surface area contributed by atoms with Crippen LogP contribution in [0.3, 0.4) is 0 Å². The summed E-state index contributed by atoms with van der Waals surface area (Å²) in [6, 6.07) is 0. The normalized spacial score (nSPS) is 16.4. The van der Waals surface area contributed by atoms with Crippen molar-refractivity contribution in [2.24, 2.45) is 0 Å². The van der Waals surface area contributed by atoms with Crippen molar-refractivity contribution in [1.82, 2.24) is 0 Å². The highest BCUT2D eigenvalue weighted by Gasteiger charge is 2.70. The van der Waals surface area contributed by atoms with E-state index in [0.29, 0.717) is 0 Å². The highest BCUT2D eigenvalue weighted by Crippen LogP contribution is 3.02. The molecule has 112 valence electrons. The van der Waals surface area contributed by atoms with Gasteiger partial charge in [-0.15, -0.1) is 0 Å². The van der Waals surface area contributed by atoms with Crippen molar-refractivity contribution >= 4 is 10.2 Å². The lowest BCUT2D eigenvalue weighted by Gasteiger charge is -2.40. The molecular weight excluding hydrogens is 311 g/mol. The summed E-state index contributed by atoms with van der Waals surface area (Å²) in [4.78, 5) is -3.79. The highest BCUT2D eigenvalue weighted by molar-refractivity contribution is 8.45. The molecule has 0 N–H and O–H groups in total. The van der Waals surface area contributed by atoms with Gasteiger partial charge in [0.2, 0.25) is 0 Å². The molecule has 0 unspecified atom stereocenters. The van der Waals surface area contributed by atoms with Gasteiger partial charge in [0.1, 0.15) is 0 Å². The molecule has 0 aliphatic carbocycles. The fourth-order valence-electron chi connectivity index (χ4n) is 1.47. The van der Waals surface area contributed by atoms with Gasteiger partial charge in [-0.1, -0.05) is 33.3 Å². The summed E-state index contributed by atoms with van der Waals surface area (Å²) >= 11 is 0. The summed E-state index contributed by atoms with van der Waals surface area (Å²) in [5, 5.41) is 0. The van der Waals surface area contributed by atoms with E-state index in [4.69, 9.17) is 0 Å². The average molecular weight is 318 g/mol. The minimum atomic E-state index is -10.9. The van der Waals surface area contributed by atoms with Crippen LogP contribution < -0.4 is 0 Å². The van der Waals surface area contributed by atoms with Crippen LogP contribution in [-0.2, 0) is 0 Å². The van der Waals surface area contributed by atoms with Gasteiger partial charge in [-0.05, 0) is 5.92 Å². The molecule has 0 saturated carbocycles. The monoisotopic (exact) mass is 318 g/mol. The molecule has 0 atom stereocenters. The van der Waals surface area contributed by atoms with Crippen molar-refractivity contribution in [3.63, 3.8) is 0 Å². The zero-order valence-electron chi connectivity index (χ0n) is 9.39. The lowest BCUT2D eigenvalue weighted by Crippen LogP contribution is -2.17. The van der Waals surface area contributed by atoms with Gasteiger partial charge in [0.05, 0.1) is 0 Å². The predicted molar refractivity (Wildman–Crippen MR) is 51.8 cm³/mol. The van der Waals surface area contributed by atoms with Crippen LogP contribution in [0, 0.1) is 23.3 Å². The third-order valence-corrected chi connectivity index (χ3v) is 3.35. The molecule has 19 heavy (non-hydrogen) atoms. The first-order valence-corrected chi connectivity index (χ1v) is 6.63. The van der Waals surface area contributed by atoms with E-state index >= 15 is 0 Å². The quantitative estimate of drug-likeness (QED) is 0.462. The first kappa shape index (κ1) is 16.0. The van der Waals surface area contributed by atoms with Crippen molar-refractivity contribution in [3.8, 4) is 0 Å². The number of rotatable bonds is 2. The maximum atomic E-state index is 13.2. The van der Waals surface area contributed by atoms with E-state index in [0.717, 1.165) is 13.8 Å². The molecule has 0 saturated heterocycles. The van der Waals surface area contributed by atoms with Crippen molar-refractivity contribution in [3.05, 3.63) is 28.8 Å². The van der Waals surface area contributed by atoms with Crippen molar-refractivity contribution in [2.75, 3.05) is 0 Å². The van der Waals surface area contributed by atoms with E-state index < -0.39 is 49.9 Å². The number of halogens is 9. The van der Waals surface area contributed by atoms with Crippen molar-refractivity contribution in [2.45, 2.75) is 24.7 Å². The van der Waals surface area contributed by atoms with Gasteiger partial charge in [-0.3, -0.25) is 0 Å². The minimum absolute atomic E-state index is 1.03. The Morgan fingerprint density at radius 1 is 0.684 bits per heavy atom. The Labute approximate surface area is 101 Å². The fraction of sp³-hybridized carbons (Fsp3) is 0.333. The summed E-state index contributed by atoms with van der Waals surface area (Å²) < 4.78 is 114. The second kappa shape index (κ2) is 3.53. The van der Waals surface area contributed by atoms with E-state index in [1.807, 2.05) is 0 Å². The number of benzene rings is 1. The van der Waals surface area contributed by atoms with Gasteiger partial charge in [-0.2, -0.15) is 0 Å². The summed E-state index contributed by atoms with van der Waals surface area (Å²) in [6.07, 6.45) is 0. The Kier molecular flexibility index (Phi) is 2.97. The van der Waals surface area contributed by atoms with E-state index in [9.17, 15) is 37.0 Å². The summed E-state index contributed by atoms with van der Waals surface area (Å²) in [7, 11) is -10.9. The van der Waals surface area contributed by atoms with Crippen LogP contribution in [0.2, 0.25) is 0 Å². The van der Waals surface area contributed by atoms with Gasteiger partial charge in [0.15, 0.2) is 28.2 Å². The molecule has 0 fully saturated rings. The Morgan fingerprint density at radius 3 is 1.21 bits per heavy atom. The lowest BCUT2D eigenvalue weighted by atomic mass is 10.0. The van der Waals surface area contributed by atoms with Crippen molar-refractivity contribution < 1.29 is 37.0 Å². The molecule has 1 aromatic carbocycles. The van der Waals surface area contributed by atoms with Crippen LogP contribution in [0.25, 0.3) is 0 Å². The van der Waals surface area contributed by atoms with Crippen LogP contribution in [-0.4, -0.2) is 0 Å². The zero-order valence-corrected chi connectivity index (χ0v) is 10.2. The maximum absolute atomic E-state index is 13.2. The molecule has 0 aliphatic heterocycles. The molecule has 0 amide bonds. The third-order valence-electron chi connectivity index (χ3n) is 2.22. The Balaban J connectivity index is 3.95. The third kappa shape index (κ3) is 2.77. The molecule has 0 aliphatic rings. The van der Waals surface area contributed by atoms with Crippen LogP contribution in [0.1, 0.15) is 25.3 Å². The molecule has 0 heterocycles. The first-order chi connectivity index (χ1) is 8.07. The van der Waals surface area contributed by atoms with Gasteiger partial charge in [0.25, 0.3) is 0 Å². The molecule has 0 nitrogen and oxygen atoms in total. The van der Waals surface area contributed by atoms with Gasteiger partial charge in [-0.25, -0.2) is 17.6 Å². The Bertz CT molecular complexity index is 514. The maximum Gasteiger partial charge on any atom is 0.316 e. The Morgan fingerprint density at radius 2 is 1.00 bits per heavy atom. The van der Waals surface area contributed by atoms with Gasteiger partial charge >= 0.3 is 10.2 Å². The van der Waals surface area contributed by atoms with Crippen LogP contribution in [0.4, 0.5) is 37.0 Å².